The fourth-order valence-electron chi connectivity index (χ4n) is 1.97. The first-order valence-electron chi connectivity index (χ1n) is 6.34. The average Bonchev–Trinajstić information content (AvgIpc) is 2.38. The molecule has 6 heteroatoms. The molecule has 0 aliphatic carbocycles. The zero-order valence-electron chi connectivity index (χ0n) is 11.0. The highest BCUT2D eigenvalue weighted by atomic mass is 16.3. The van der Waals surface area contributed by atoms with Crippen molar-refractivity contribution in [1.82, 2.24) is 14.7 Å². The molecule has 0 bridgehead atoms. The topological polar surface area (TPSA) is 70.8 Å². The van der Waals surface area contributed by atoms with Gasteiger partial charge in [-0.05, 0) is 0 Å². The van der Waals surface area contributed by atoms with E-state index >= 15 is 0 Å². The Labute approximate surface area is 108 Å². The molecule has 0 aromatic carbocycles. The molecule has 0 unspecified atom stereocenters. The number of amides is 1. The molecule has 0 aromatic heterocycles. The number of carbonyl (C=O) groups excluding carboxylic acids is 1. The maximum Gasteiger partial charge on any atom is 0.236 e. The van der Waals surface area contributed by atoms with E-state index in [1.54, 1.807) is 11.9 Å². The van der Waals surface area contributed by atoms with Crippen LogP contribution in [0.3, 0.4) is 0 Å². The Bertz CT molecular complexity index is 295. The van der Waals surface area contributed by atoms with Crippen molar-refractivity contribution in [3.05, 3.63) is 0 Å². The average molecular weight is 254 g/mol. The van der Waals surface area contributed by atoms with Gasteiger partial charge in [0, 0.05) is 46.3 Å². The molecule has 1 aliphatic heterocycles. The summed E-state index contributed by atoms with van der Waals surface area (Å²) in [6.07, 6.45) is 0.381. The summed E-state index contributed by atoms with van der Waals surface area (Å²) >= 11 is 0. The summed E-state index contributed by atoms with van der Waals surface area (Å²) in [4.78, 5) is 17.8. The van der Waals surface area contributed by atoms with Crippen LogP contribution in [0.4, 0.5) is 0 Å². The maximum absolute atomic E-state index is 11.8. The Morgan fingerprint density at radius 1 is 1.33 bits per heavy atom. The molecule has 1 saturated heterocycles. The van der Waals surface area contributed by atoms with Crippen molar-refractivity contribution in [3.63, 3.8) is 0 Å². The van der Waals surface area contributed by atoms with Crippen molar-refractivity contribution in [2.45, 2.75) is 6.42 Å². The first-order valence-corrected chi connectivity index (χ1v) is 6.34. The van der Waals surface area contributed by atoms with E-state index in [9.17, 15) is 4.79 Å². The molecule has 1 amide bonds. The van der Waals surface area contributed by atoms with E-state index in [1.165, 1.54) is 0 Å². The van der Waals surface area contributed by atoms with Crippen LogP contribution in [0.5, 0.6) is 0 Å². The van der Waals surface area contributed by atoms with Gasteiger partial charge in [-0.25, -0.2) is 0 Å². The molecule has 1 aliphatic rings. The number of aliphatic hydroxyl groups is 1. The second-order valence-corrected chi connectivity index (χ2v) is 4.56. The predicted molar refractivity (Wildman–Crippen MR) is 67.8 cm³/mol. The standard InChI is InChI=1S/C12H22N4O2/c1-14(4-2-3-13)12(18)11-16-7-5-15(6-8-16)9-10-17/h17H,2,4-11H2,1H3. The Morgan fingerprint density at radius 3 is 2.50 bits per heavy atom. The minimum Gasteiger partial charge on any atom is -0.395 e. The van der Waals surface area contributed by atoms with Gasteiger partial charge in [-0.3, -0.25) is 14.6 Å². The lowest BCUT2D eigenvalue weighted by atomic mass is 10.3. The maximum atomic E-state index is 11.8. The molecule has 102 valence electrons. The van der Waals surface area contributed by atoms with E-state index in [-0.39, 0.29) is 12.5 Å². The highest BCUT2D eigenvalue weighted by Gasteiger charge is 2.19. The monoisotopic (exact) mass is 254 g/mol. The molecule has 1 fully saturated rings. The summed E-state index contributed by atoms with van der Waals surface area (Å²) in [6.45, 7) is 5.34. The molecule has 1 heterocycles. The van der Waals surface area contributed by atoms with Gasteiger partial charge in [0.2, 0.25) is 5.91 Å². The lowest BCUT2D eigenvalue weighted by molar-refractivity contribution is -0.131. The molecular weight excluding hydrogens is 232 g/mol. The first-order chi connectivity index (χ1) is 8.67. The van der Waals surface area contributed by atoms with Crippen molar-refractivity contribution in [2.75, 3.05) is 59.5 Å². The van der Waals surface area contributed by atoms with Crippen LogP contribution < -0.4 is 0 Å². The second kappa shape index (κ2) is 8.03. The van der Waals surface area contributed by atoms with Gasteiger partial charge in [0.25, 0.3) is 0 Å². The van der Waals surface area contributed by atoms with Crippen molar-refractivity contribution in [1.29, 1.82) is 5.26 Å². The summed E-state index contributed by atoms with van der Waals surface area (Å²) < 4.78 is 0. The number of carbonyl (C=O) groups is 1. The third kappa shape index (κ3) is 5.00. The van der Waals surface area contributed by atoms with Crippen LogP contribution in [0.25, 0.3) is 0 Å². The fraction of sp³-hybridized carbons (Fsp3) is 0.833. The number of hydrogen-bond donors (Lipinski definition) is 1. The lowest BCUT2D eigenvalue weighted by Gasteiger charge is -2.34. The van der Waals surface area contributed by atoms with Crippen molar-refractivity contribution in [3.8, 4) is 6.07 Å². The van der Waals surface area contributed by atoms with Crippen LogP contribution in [0.1, 0.15) is 6.42 Å². The van der Waals surface area contributed by atoms with Crippen LogP contribution in [-0.2, 0) is 4.79 Å². The molecule has 1 N–H and O–H groups in total. The second-order valence-electron chi connectivity index (χ2n) is 4.56. The Kier molecular flexibility index (Phi) is 6.65. The van der Waals surface area contributed by atoms with Crippen molar-refractivity contribution >= 4 is 5.91 Å². The molecular formula is C12H22N4O2. The SMILES string of the molecule is CN(CCC#N)C(=O)CN1CCN(CCO)CC1. The number of β-amino-alcohol motifs (C(OH)–C–C–N with tert-alkyl or cyclic N) is 1. The van der Waals surface area contributed by atoms with Crippen molar-refractivity contribution in [2.24, 2.45) is 0 Å². The van der Waals surface area contributed by atoms with Gasteiger partial charge in [0.15, 0.2) is 0 Å². The van der Waals surface area contributed by atoms with E-state index < -0.39 is 0 Å². The zero-order valence-corrected chi connectivity index (χ0v) is 11.0. The predicted octanol–water partition coefficient (Wildman–Crippen LogP) is -1.03. The number of nitrogens with zero attached hydrogens (tertiary/aromatic N) is 4. The quantitative estimate of drug-likeness (QED) is 0.656. The van der Waals surface area contributed by atoms with Crippen molar-refractivity contribution < 1.29 is 9.90 Å². The van der Waals surface area contributed by atoms with E-state index in [0.717, 1.165) is 26.2 Å². The third-order valence-corrected chi connectivity index (χ3v) is 3.22. The molecule has 0 saturated carbocycles. The van der Waals surface area contributed by atoms with Gasteiger partial charge >= 0.3 is 0 Å². The Hall–Kier alpha value is -1.16. The van der Waals surface area contributed by atoms with Gasteiger partial charge < -0.3 is 10.0 Å². The summed E-state index contributed by atoms with van der Waals surface area (Å²) in [5.41, 5.74) is 0. The first kappa shape index (κ1) is 14.9. The van der Waals surface area contributed by atoms with Crippen LogP contribution in [0.15, 0.2) is 0 Å². The number of aliphatic hydroxyl groups excluding tert-OH is 1. The van der Waals surface area contributed by atoms with E-state index in [2.05, 4.69) is 9.80 Å². The van der Waals surface area contributed by atoms with Crippen LogP contribution in [0, 0.1) is 11.3 Å². The van der Waals surface area contributed by atoms with Gasteiger partial charge in [-0.1, -0.05) is 0 Å². The number of piperazine rings is 1. The molecule has 0 spiro atoms. The minimum absolute atomic E-state index is 0.0702. The summed E-state index contributed by atoms with van der Waals surface area (Å²) in [5.74, 6) is 0.0702. The van der Waals surface area contributed by atoms with Gasteiger partial charge in [-0.2, -0.15) is 5.26 Å². The third-order valence-electron chi connectivity index (χ3n) is 3.22. The highest BCUT2D eigenvalue weighted by molar-refractivity contribution is 5.78. The van der Waals surface area contributed by atoms with E-state index in [4.69, 9.17) is 10.4 Å². The Balaban J connectivity index is 2.24. The summed E-state index contributed by atoms with van der Waals surface area (Å²) in [5, 5.41) is 17.3. The molecule has 1 rings (SSSR count). The van der Waals surface area contributed by atoms with Crippen LogP contribution in [-0.4, -0.2) is 85.2 Å². The molecule has 0 atom stereocenters. The normalized spacial score (nSPS) is 17.4. The van der Waals surface area contributed by atoms with Gasteiger partial charge in [0.05, 0.1) is 25.6 Å². The summed E-state index contributed by atoms with van der Waals surface area (Å²) in [7, 11) is 1.74. The zero-order chi connectivity index (χ0) is 13.4. The molecule has 6 nitrogen and oxygen atoms in total. The Morgan fingerprint density at radius 2 is 1.94 bits per heavy atom. The van der Waals surface area contributed by atoms with Crippen LogP contribution >= 0.6 is 0 Å². The molecule has 0 radical (unpaired) electrons. The summed E-state index contributed by atoms with van der Waals surface area (Å²) in [6, 6.07) is 2.04. The van der Waals surface area contributed by atoms with E-state index in [1.807, 2.05) is 6.07 Å². The number of likely N-dealkylation sites (N-methyl/N-ethyl adjacent to an activating group) is 1. The number of nitriles is 1. The highest BCUT2D eigenvalue weighted by Crippen LogP contribution is 2.02. The fourth-order valence-corrected chi connectivity index (χ4v) is 1.97. The lowest BCUT2D eigenvalue weighted by Crippen LogP contribution is -2.50. The van der Waals surface area contributed by atoms with Gasteiger partial charge in [-0.15, -0.1) is 0 Å². The van der Waals surface area contributed by atoms with E-state index in [0.29, 0.717) is 26.1 Å². The largest absolute Gasteiger partial charge is 0.395 e. The smallest absolute Gasteiger partial charge is 0.236 e. The van der Waals surface area contributed by atoms with Gasteiger partial charge in [0.1, 0.15) is 0 Å². The number of hydrogen-bond acceptors (Lipinski definition) is 5. The minimum atomic E-state index is 0.0702. The molecule has 18 heavy (non-hydrogen) atoms. The number of rotatable bonds is 6. The molecule has 0 aromatic rings. The van der Waals surface area contributed by atoms with Crippen LogP contribution in [0.2, 0.25) is 0 Å².